The van der Waals surface area contributed by atoms with Crippen molar-refractivity contribution in [1.82, 2.24) is 43.6 Å². The number of hydrogen-bond donors (Lipinski definition) is 0. The number of nitrogens with zero attached hydrogens (tertiary/aromatic N) is 9. The van der Waals surface area contributed by atoms with Crippen LogP contribution in [-0.2, 0) is 0 Å². The third-order valence-corrected chi connectivity index (χ3v) is 17.2. The Balaban J connectivity index is 0.936. The molecule has 0 N–H and O–H groups in total. The molecule has 0 aliphatic heterocycles. The molecule has 0 aliphatic rings. The molecule has 13 aromatic rings. The van der Waals surface area contributed by atoms with E-state index in [1.165, 1.54) is 33.4 Å². The lowest BCUT2D eigenvalue weighted by atomic mass is 9.93. The van der Waals surface area contributed by atoms with Gasteiger partial charge in [-0.2, -0.15) is 0 Å². The van der Waals surface area contributed by atoms with Gasteiger partial charge in [0.15, 0.2) is 17.5 Å². The maximum absolute atomic E-state index is 5.32. The molecule has 0 atom stereocenters. The largest absolute Gasteiger partial charge is 0.292 e. The molecule has 9 nitrogen and oxygen atoms in total. The summed E-state index contributed by atoms with van der Waals surface area (Å²) in [6, 6.07) is 71.9. The van der Waals surface area contributed by atoms with Gasteiger partial charge in [0.25, 0.3) is 0 Å². The number of aromatic nitrogens is 9. The minimum Gasteiger partial charge on any atom is -0.292 e. The molecule has 432 valence electrons. The summed E-state index contributed by atoms with van der Waals surface area (Å²) in [6.45, 7) is 27.1. The summed E-state index contributed by atoms with van der Waals surface area (Å²) in [6.07, 6.45) is 0. The Labute approximate surface area is 511 Å². The zero-order valence-electron chi connectivity index (χ0n) is 52.0. The summed E-state index contributed by atoms with van der Waals surface area (Å²) in [7, 11) is 0. The predicted molar refractivity (Wildman–Crippen MR) is 361 cm³/mol. The summed E-state index contributed by atoms with van der Waals surface area (Å²) < 4.78 is 6.86. The molecular weight excluding hydrogens is 1060 g/mol. The summed E-state index contributed by atoms with van der Waals surface area (Å²) in [5.74, 6) is 6.64. The number of imidazole rings is 3. The molecular formula is C78H75N9. The van der Waals surface area contributed by atoms with Crippen molar-refractivity contribution in [2.24, 2.45) is 0 Å². The zero-order chi connectivity index (χ0) is 60.4. The van der Waals surface area contributed by atoms with Crippen LogP contribution in [0.25, 0.3) is 118 Å². The highest BCUT2D eigenvalue weighted by atomic mass is 15.1. The van der Waals surface area contributed by atoms with E-state index in [0.717, 1.165) is 101 Å². The fourth-order valence-electron chi connectivity index (χ4n) is 11.9. The fraction of sp³-hybridized carbons (Fsp3) is 0.231. The van der Waals surface area contributed by atoms with Crippen LogP contribution in [0, 0.1) is 0 Å². The molecule has 13 rings (SSSR count). The van der Waals surface area contributed by atoms with Crippen LogP contribution >= 0.6 is 0 Å². The van der Waals surface area contributed by atoms with E-state index in [9.17, 15) is 0 Å². The minimum atomic E-state index is 0.368. The summed E-state index contributed by atoms with van der Waals surface area (Å²) in [5, 5.41) is 0. The first-order valence-corrected chi connectivity index (χ1v) is 31.0. The van der Waals surface area contributed by atoms with Crippen LogP contribution in [-0.4, -0.2) is 43.6 Å². The Bertz CT molecular complexity index is 4120. The molecule has 9 heteroatoms. The second-order valence-corrected chi connectivity index (χ2v) is 25.3. The molecule has 0 bridgehead atoms. The molecule has 0 amide bonds. The summed E-state index contributed by atoms with van der Waals surface area (Å²) >= 11 is 0. The van der Waals surface area contributed by atoms with Crippen molar-refractivity contribution in [3.05, 3.63) is 234 Å². The van der Waals surface area contributed by atoms with E-state index in [-0.39, 0.29) is 0 Å². The Morgan fingerprint density at radius 3 is 0.667 bits per heavy atom. The van der Waals surface area contributed by atoms with E-state index in [2.05, 4.69) is 297 Å². The van der Waals surface area contributed by atoms with Crippen molar-refractivity contribution < 1.29 is 0 Å². The van der Waals surface area contributed by atoms with Crippen molar-refractivity contribution in [2.75, 3.05) is 0 Å². The molecule has 0 radical (unpaired) electrons. The molecule has 0 spiro atoms. The van der Waals surface area contributed by atoms with E-state index in [4.69, 9.17) is 29.9 Å². The van der Waals surface area contributed by atoms with Crippen molar-refractivity contribution in [2.45, 2.75) is 119 Å². The molecule has 0 unspecified atom stereocenters. The van der Waals surface area contributed by atoms with Gasteiger partial charge in [-0.25, -0.2) is 29.9 Å². The molecule has 4 aromatic heterocycles. The van der Waals surface area contributed by atoms with Gasteiger partial charge in [-0.05, 0) is 214 Å². The van der Waals surface area contributed by atoms with Crippen molar-refractivity contribution in [1.29, 1.82) is 0 Å². The lowest BCUT2D eigenvalue weighted by Crippen LogP contribution is -2.03. The minimum absolute atomic E-state index is 0.368. The van der Waals surface area contributed by atoms with Crippen LogP contribution in [0.3, 0.4) is 0 Å². The average molecular weight is 1140 g/mol. The number of rotatable bonds is 15. The molecule has 4 heterocycles. The van der Waals surface area contributed by atoms with E-state index in [1.807, 2.05) is 0 Å². The Kier molecular flexibility index (Phi) is 14.9. The van der Waals surface area contributed by atoms with E-state index in [1.54, 1.807) is 0 Å². The number of fused-ring (bicyclic) bond motifs is 3. The van der Waals surface area contributed by atoms with Gasteiger partial charge >= 0.3 is 0 Å². The van der Waals surface area contributed by atoms with E-state index in [0.29, 0.717) is 53.0 Å². The number of benzene rings is 9. The van der Waals surface area contributed by atoms with Gasteiger partial charge < -0.3 is 0 Å². The SMILES string of the molecule is CC(C)c1cc(-c2nc3ccccc3n2-c2ccc(-c3nc(-c4ccc(-n5c(-c6cc(C(C)C)cc(C(C)C)c6)nc6ccccc65)cc4)nc(-c4ccc(-n5c(-c6cc(C(C)C)cc(C(C)C)c6)nc6ccccc65)cc4)n3)cc2)cc(C(C)C)c1. The van der Waals surface area contributed by atoms with Crippen LogP contribution in [0.15, 0.2) is 200 Å². The highest BCUT2D eigenvalue weighted by molar-refractivity contribution is 5.87. The van der Waals surface area contributed by atoms with E-state index < -0.39 is 0 Å². The lowest BCUT2D eigenvalue weighted by molar-refractivity contribution is 0.833. The van der Waals surface area contributed by atoms with Gasteiger partial charge in [-0.3, -0.25) is 13.7 Å². The number of hydrogen-bond acceptors (Lipinski definition) is 6. The van der Waals surface area contributed by atoms with Crippen molar-refractivity contribution >= 4 is 33.1 Å². The van der Waals surface area contributed by atoms with Gasteiger partial charge in [0.2, 0.25) is 0 Å². The maximum Gasteiger partial charge on any atom is 0.164 e. The zero-order valence-corrected chi connectivity index (χ0v) is 52.0. The molecule has 0 fully saturated rings. The lowest BCUT2D eigenvalue weighted by Gasteiger charge is -2.16. The summed E-state index contributed by atoms with van der Waals surface area (Å²) in [4.78, 5) is 31.9. The summed E-state index contributed by atoms with van der Waals surface area (Å²) in [5.41, 5.74) is 22.6. The second-order valence-electron chi connectivity index (χ2n) is 25.3. The monoisotopic (exact) mass is 1140 g/mol. The van der Waals surface area contributed by atoms with Gasteiger partial charge in [0.05, 0.1) is 33.1 Å². The van der Waals surface area contributed by atoms with Gasteiger partial charge in [0.1, 0.15) is 17.5 Å². The van der Waals surface area contributed by atoms with Crippen molar-refractivity contribution in [3.63, 3.8) is 0 Å². The first kappa shape index (κ1) is 56.5. The fourth-order valence-corrected chi connectivity index (χ4v) is 11.9. The van der Waals surface area contributed by atoms with Crippen LogP contribution in [0.2, 0.25) is 0 Å². The molecule has 87 heavy (non-hydrogen) atoms. The van der Waals surface area contributed by atoms with Crippen molar-refractivity contribution in [3.8, 4) is 85.4 Å². The van der Waals surface area contributed by atoms with Gasteiger partial charge in [0, 0.05) is 50.4 Å². The van der Waals surface area contributed by atoms with Gasteiger partial charge in [-0.1, -0.05) is 138 Å². The number of para-hydroxylation sites is 6. The Morgan fingerprint density at radius 1 is 0.230 bits per heavy atom. The van der Waals surface area contributed by atoms with Crippen LogP contribution < -0.4 is 0 Å². The van der Waals surface area contributed by atoms with E-state index >= 15 is 0 Å². The average Bonchev–Trinajstić information content (AvgIpc) is 1.78. The standard InChI is InChI=1S/C78H75N9/c1-46(2)55-37-56(47(3)4)41-61(40-55)76-79-67-19-13-16-22-70(67)85(76)64-31-25-52(26-32-64)73-82-74(53-27-33-65(34-28-53)86-71-23-17-14-20-68(71)80-77(86)62-42-57(48(5)6)38-58(43-62)49(7)8)84-75(83-73)54-29-35-66(36-30-54)87-72-24-18-15-21-69(72)81-78(87)63-44-59(50(9)10)39-60(45-63)51(11)12/h13-51H,1-12H3. The Hall–Kier alpha value is -9.60. The van der Waals surface area contributed by atoms with Gasteiger partial charge in [-0.15, -0.1) is 0 Å². The first-order chi connectivity index (χ1) is 42.0. The molecule has 0 aliphatic carbocycles. The van der Waals surface area contributed by atoms with Crippen LogP contribution in [0.5, 0.6) is 0 Å². The second kappa shape index (κ2) is 23.0. The molecule has 0 saturated carbocycles. The van der Waals surface area contributed by atoms with Crippen LogP contribution in [0.4, 0.5) is 0 Å². The quantitative estimate of drug-likeness (QED) is 0.102. The third-order valence-electron chi connectivity index (χ3n) is 17.2. The third kappa shape index (κ3) is 10.9. The molecule has 9 aromatic carbocycles. The highest BCUT2D eigenvalue weighted by Crippen LogP contribution is 2.39. The Morgan fingerprint density at radius 2 is 0.448 bits per heavy atom. The van der Waals surface area contributed by atoms with Crippen LogP contribution in [0.1, 0.15) is 152 Å². The smallest absolute Gasteiger partial charge is 0.164 e. The first-order valence-electron chi connectivity index (χ1n) is 31.0. The highest BCUT2D eigenvalue weighted by Gasteiger charge is 2.23. The maximum atomic E-state index is 5.32. The normalized spacial score (nSPS) is 12.1. The topological polar surface area (TPSA) is 92.1 Å². The predicted octanol–water partition coefficient (Wildman–Crippen LogP) is 20.6. The molecule has 0 saturated heterocycles.